The molecule has 0 heterocycles. The smallest absolute Gasteiger partial charge is 0.123 e. The Morgan fingerprint density at radius 2 is 1.76 bits per heavy atom. The van der Waals surface area contributed by atoms with Crippen molar-refractivity contribution in [2.75, 3.05) is 6.61 Å². The first-order valence-corrected chi connectivity index (χ1v) is 7.10. The number of nitrogens with zero attached hydrogens (tertiary/aromatic N) is 1. The molecule has 0 aromatic heterocycles. The SMILES string of the molecule is N#CC(CCCOc1ccc(F)cc1)c1ccc(Cl)cc1. The zero-order valence-corrected chi connectivity index (χ0v) is 12.2. The molecule has 1 atom stereocenters. The quantitative estimate of drug-likeness (QED) is 0.708. The van der Waals surface area contributed by atoms with Crippen LogP contribution in [0.2, 0.25) is 5.02 Å². The minimum atomic E-state index is -0.283. The summed E-state index contributed by atoms with van der Waals surface area (Å²) >= 11 is 5.84. The van der Waals surface area contributed by atoms with E-state index in [-0.39, 0.29) is 11.7 Å². The maximum Gasteiger partial charge on any atom is 0.123 e. The van der Waals surface area contributed by atoms with Gasteiger partial charge in [0.15, 0.2) is 0 Å². The van der Waals surface area contributed by atoms with Crippen LogP contribution in [-0.2, 0) is 0 Å². The van der Waals surface area contributed by atoms with Crippen molar-refractivity contribution in [3.8, 4) is 11.8 Å². The Bertz CT molecular complexity index is 604. The van der Waals surface area contributed by atoms with Crippen molar-refractivity contribution in [1.82, 2.24) is 0 Å². The molecular weight excluding hydrogens is 289 g/mol. The Morgan fingerprint density at radius 1 is 1.10 bits per heavy atom. The molecule has 0 saturated heterocycles. The molecule has 21 heavy (non-hydrogen) atoms. The zero-order chi connectivity index (χ0) is 15.1. The molecule has 2 nitrogen and oxygen atoms in total. The molecule has 4 heteroatoms. The largest absolute Gasteiger partial charge is 0.494 e. The first kappa shape index (κ1) is 15.3. The van der Waals surface area contributed by atoms with Gasteiger partial charge in [0, 0.05) is 5.02 Å². The van der Waals surface area contributed by atoms with Crippen LogP contribution in [-0.4, -0.2) is 6.61 Å². The molecule has 0 aliphatic carbocycles. The third-order valence-electron chi connectivity index (χ3n) is 3.15. The molecule has 2 aromatic rings. The third kappa shape index (κ3) is 4.77. The molecule has 0 amide bonds. The summed E-state index contributed by atoms with van der Waals surface area (Å²) in [5.74, 6) is 0.185. The lowest BCUT2D eigenvalue weighted by molar-refractivity contribution is 0.304. The van der Waals surface area contributed by atoms with Gasteiger partial charge in [0.25, 0.3) is 0 Å². The monoisotopic (exact) mass is 303 g/mol. The molecule has 1 unspecified atom stereocenters. The van der Waals surface area contributed by atoms with Crippen molar-refractivity contribution in [2.24, 2.45) is 0 Å². The van der Waals surface area contributed by atoms with Crippen molar-refractivity contribution < 1.29 is 9.13 Å². The van der Waals surface area contributed by atoms with Crippen LogP contribution in [0.3, 0.4) is 0 Å². The van der Waals surface area contributed by atoms with E-state index in [0.717, 1.165) is 12.0 Å². The van der Waals surface area contributed by atoms with Gasteiger partial charge in [0.05, 0.1) is 18.6 Å². The van der Waals surface area contributed by atoms with Crippen molar-refractivity contribution in [3.05, 3.63) is 64.9 Å². The van der Waals surface area contributed by atoms with Crippen LogP contribution in [0.25, 0.3) is 0 Å². The van der Waals surface area contributed by atoms with E-state index in [2.05, 4.69) is 6.07 Å². The van der Waals surface area contributed by atoms with E-state index in [9.17, 15) is 9.65 Å². The summed E-state index contributed by atoms with van der Waals surface area (Å²) < 4.78 is 18.3. The van der Waals surface area contributed by atoms with Gasteiger partial charge in [-0.25, -0.2) is 4.39 Å². The molecule has 0 aliphatic rings. The highest BCUT2D eigenvalue weighted by Crippen LogP contribution is 2.22. The lowest BCUT2D eigenvalue weighted by Crippen LogP contribution is -2.02. The van der Waals surface area contributed by atoms with E-state index in [1.165, 1.54) is 12.1 Å². The fourth-order valence-corrected chi connectivity index (χ4v) is 2.14. The Morgan fingerprint density at radius 3 is 2.38 bits per heavy atom. The highest BCUT2D eigenvalue weighted by Gasteiger charge is 2.10. The number of benzene rings is 2. The molecular formula is C17H15ClFNO. The molecule has 0 bridgehead atoms. The van der Waals surface area contributed by atoms with Crippen molar-refractivity contribution in [1.29, 1.82) is 5.26 Å². The number of hydrogen-bond acceptors (Lipinski definition) is 2. The second-order valence-corrected chi connectivity index (χ2v) is 5.11. The lowest BCUT2D eigenvalue weighted by atomic mass is 9.96. The maximum atomic E-state index is 12.7. The van der Waals surface area contributed by atoms with Crippen LogP contribution in [0.5, 0.6) is 5.75 Å². The second kappa shape index (κ2) is 7.66. The molecule has 0 aliphatic heterocycles. The normalized spacial score (nSPS) is 11.7. The average Bonchev–Trinajstić information content (AvgIpc) is 2.50. The van der Waals surface area contributed by atoms with Gasteiger partial charge in [-0.2, -0.15) is 5.26 Å². The van der Waals surface area contributed by atoms with E-state index in [1.807, 2.05) is 12.1 Å². The van der Waals surface area contributed by atoms with Crippen LogP contribution >= 0.6 is 11.6 Å². The molecule has 2 rings (SSSR count). The predicted octanol–water partition coefficient (Wildman–Crippen LogP) is 4.95. The number of rotatable bonds is 6. The summed E-state index contributed by atoms with van der Waals surface area (Å²) in [5, 5.41) is 9.89. The summed E-state index contributed by atoms with van der Waals surface area (Å²) in [4.78, 5) is 0. The number of nitriles is 1. The summed E-state index contributed by atoms with van der Waals surface area (Å²) in [5.41, 5.74) is 0.962. The fourth-order valence-electron chi connectivity index (χ4n) is 2.01. The lowest BCUT2D eigenvalue weighted by Gasteiger charge is -2.10. The van der Waals surface area contributed by atoms with Gasteiger partial charge >= 0.3 is 0 Å². The Hall–Kier alpha value is -2.05. The van der Waals surface area contributed by atoms with Crippen LogP contribution in [0, 0.1) is 17.1 Å². The van der Waals surface area contributed by atoms with E-state index in [0.29, 0.717) is 23.8 Å². The van der Waals surface area contributed by atoms with Crippen LogP contribution in [0.15, 0.2) is 48.5 Å². The van der Waals surface area contributed by atoms with Crippen molar-refractivity contribution in [2.45, 2.75) is 18.8 Å². The van der Waals surface area contributed by atoms with Gasteiger partial charge in [-0.15, -0.1) is 0 Å². The van der Waals surface area contributed by atoms with E-state index in [1.54, 1.807) is 24.3 Å². The standard InChI is InChI=1S/C17H15ClFNO/c18-15-5-3-13(4-6-15)14(12-20)2-1-11-21-17-9-7-16(19)8-10-17/h3-10,14H,1-2,11H2. The Labute approximate surface area is 128 Å². The Balaban J connectivity index is 1.80. The minimum Gasteiger partial charge on any atom is -0.494 e. The molecule has 0 fully saturated rings. The number of halogens is 2. The molecule has 2 aromatic carbocycles. The van der Waals surface area contributed by atoms with Gasteiger partial charge in [-0.1, -0.05) is 23.7 Å². The zero-order valence-electron chi connectivity index (χ0n) is 11.4. The number of hydrogen-bond donors (Lipinski definition) is 0. The Kier molecular flexibility index (Phi) is 5.59. The fraction of sp³-hybridized carbons (Fsp3) is 0.235. The van der Waals surface area contributed by atoms with Gasteiger partial charge in [0.2, 0.25) is 0 Å². The minimum absolute atomic E-state index is 0.168. The van der Waals surface area contributed by atoms with Crippen LogP contribution in [0.1, 0.15) is 24.3 Å². The van der Waals surface area contributed by atoms with E-state index >= 15 is 0 Å². The van der Waals surface area contributed by atoms with Crippen molar-refractivity contribution in [3.63, 3.8) is 0 Å². The second-order valence-electron chi connectivity index (χ2n) is 4.68. The van der Waals surface area contributed by atoms with Gasteiger partial charge in [0.1, 0.15) is 11.6 Å². The summed E-state index contributed by atoms with van der Waals surface area (Å²) in [6, 6.07) is 15.5. The van der Waals surface area contributed by atoms with Gasteiger partial charge in [-0.05, 0) is 54.8 Å². The highest BCUT2D eigenvalue weighted by molar-refractivity contribution is 6.30. The third-order valence-corrected chi connectivity index (χ3v) is 3.40. The molecule has 0 saturated carbocycles. The summed E-state index contributed by atoms with van der Waals surface area (Å²) in [7, 11) is 0. The first-order chi connectivity index (χ1) is 10.2. The van der Waals surface area contributed by atoms with Crippen molar-refractivity contribution >= 4 is 11.6 Å². The topological polar surface area (TPSA) is 33.0 Å². The van der Waals surface area contributed by atoms with Gasteiger partial charge < -0.3 is 4.74 Å². The average molecular weight is 304 g/mol. The molecule has 0 radical (unpaired) electrons. The summed E-state index contributed by atoms with van der Waals surface area (Å²) in [6.07, 6.45) is 1.46. The van der Waals surface area contributed by atoms with Crippen LogP contribution < -0.4 is 4.74 Å². The molecule has 0 spiro atoms. The maximum absolute atomic E-state index is 12.7. The van der Waals surface area contributed by atoms with E-state index < -0.39 is 0 Å². The molecule has 0 N–H and O–H groups in total. The first-order valence-electron chi connectivity index (χ1n) is 6.72. The summed E-state index contributed by atoms with van der Waals surface area (Å²) in [6.45, 7) is 0.497. The van der Waals surface area contributed by atoms with Gasteiger partial charge in [-0.3, -0.25) is 0 Å². The highest BCUT2D eigenvalue weighted by atomic mass is 35.5. The number of ether oxygens (including phenoxy) is 1. The van der Waals surface area contributed by atoms with Crippen LogP contribution in [0.4, 0.5) is 4.39 Å². The van der Waals surface area contributed by atoms with E-state index in [4.69, 9.17) is 16.3 Å². The predicted molar refractivity (Wildman–Crippen MR) is 80.9 cm³/mol. The molecule has 108 valence electrons.